The second kappa shape index (κ2) is 7.36. The molecule has 1 fully saturated rings. The van der Waals surface area contributed by atoms with E-state index in [4.69, 9.17) is 14.2 Å². The largest absolute Gasteiger partial charge is 0.491 e. The summed E-state index contributed by atoms with van der Waals surface area (Å²) in [6, 6.07) is 8.11. The van der Waals surface area contributed by atoms with E-state index in [9.17, 15) is 0 Å². The molecular formula is C14H21NO3. The molecule has 2 rings (SSSR count). The molecule has 1 aliphatic heterocycles. The fourth-order valence-electron chi connectivity index (χ4n) is 1.97. The first-order chi connectivity index (χ1) is 8.88. The predicted molar refractivity (Wildman–Crippen MR) is 69.9 cm³/mol. The first kappa shape index (κ1) is 13.3. The molecule has 1 saturated heterocycles. The molecule has 0 aliphatic carbocycles. The average molecular weight is 251 g/mol. The van der Waals surface area contributed by atoms with Gasteiger partial charge in [0.25, 0.3) is 0 Å². The number of ether oxygens (including phenoxy) is 3. The standard InChI is InChI=1S/C14H21NO3/c1-15-10-12-3-2-4-13(9-12)17-7-8-18-14-5-6-16-11-14/h2-4,9,14-15H,5-8,10-11H2,1H3. The van der Waals surface area contributed by atoms with Crippen LogP contribution in [0.3, 0.4) is 0 Å². The molecule has 18 heavy (non-hydrogen) atoms. The molecular weight excluding hydrogens is 230 g/mol. The molecule has 1 heterocycles. The smallest absolute Gasteiger partial charge is 0.119 e. The lowest BCUT2D eigenvalue weighted by Crippen LogP contribution is -2.17. The Morgan fingerprint density at radius 3 is 3.11 bits per heavy atom. The summed E-state index contributed by atoms with van der Waals surface area (Å²) in [4.78, 5) is 0. The van der Waals surface area contributed by atoms with Crippen LogP contribution in [0.2, 0.25) is 0 Å². The summed E-state index contributed by atoms with van der Waals surface area (Å²) < 4.78 is 16.5. The second-order valence-electron chi connectivity index (χ2n) is 4.38. The van der Waals surface area contributed by atoms with Crippen molar-refractivity contribution in [3.63, 3.8) is 0 Å². The fourth-order valence-corrected chi connectivity index (χ4v) is 1.97. The van der Waals surface area contributed by atoms with Crippen LogP contribution in [0.1, 0.15) is 12.0 Å². The van der Waals surface area contributed by atoms with Gasteiger partial charge in [0.2, 0.25) is 0 Å². The van der Waals surface area contributed by atoms with Crippen LogP contribution in [0, 0.1) is 0 Å². The van der Waals surface area contributed by atoms with Gasteiger partial charge in [0.05, 0.1) is 19.3 Å². The minimum absolute atomic E-state index is 0.254. The Balaban J connectivity index is 1.67. The SMILES string of the molecule is CNCc1cccc(OCCOC2CCOC2)c1. The van der Waals surface area contributed by atoms with Gasteiger partial charge in [0, 0.05) is 13.2 Å². The fraction of sp³-hybridized carbons (Fsp3) is 0.571. The number of hydrogen-bond acceptors (Lipinski definition) is 4. The maximum atomic E-state index is 5.66. The van der Waals surface area contributed by atoms with E-state index in [0.717, 1.165) is 31.9 Å². The Morgan fingerprint density at radius 1 is 1.39 bits per heavy atom. The summed E-state index contributed by atoms with van der Waals surface area (Å²) >= 11 is 0. The molecule has 100 valence electrons. The number of hydrogen-bond donors (Lipinski definition) is 1. The van der Waals surface area contributed by atoms with Crippen LogP contribution >= 0.6 is 0 Å². The van der Waals surface area contributed by atoms with Crippen molar-refractivity contribution in [2.45, 2.75) is 19.1 Å². The summed E-state index contributed by atoms with van der Waals surface area (Å²) in [5.74, 6) is 0.897. The van der Waals surface area contributed by atoms with Crippen molar-refractivity contribution in [2.24, 2.45) is 0 Å². The van der Waals surface area contributed by atoms with Gasteiger partial charge in [-0.25, -0.2) is 0 Å². The Bertz CT molecular complexity index is 351. The predicted octanol–water partition coefficient (Wildman–Crippen LogP) is 1.59. The summed E-state index contributed by atoms with van der Waals surface area (Å²) in [5, 5.41) is 3.12. The van der Waals surface area contributed by atoms with Gasteiger partial charge >= 0.3 is 0 Å². The minimum atomic E-state index is 0.254. The van der Waals surface area contributed by atoms with Gasteiger partial charge < -0.3 is 19.5 Å². The third-order valence-corrected chi connectivity index (χ3v) is 2.87. The molecule has 0 spiro atoms. The third kappa shape index (κ3) is 4.29. The van der Waals surface area contributed by atoms with E-state index in [-0.39, 0.29) is 6.10 Å². The third-order valence-electron chi connectivity index (χ3n) is 2.87. The normalized spacial score (nSPS) is 19.1. The highest BCUT2D eigenvalue weighted by molar-refractivity contribution is 5.28. The van der Waals surface area contributed by atoms with Crippen molar-refractivity contribution in [3.05, 3.63) is 29.8 Å². The Morgan fingerprint density at radius 2 is 2.33 bits per heavy atom. The van der Waals surface area contributed by atoms with E-state index in [0.29, 0.717) is 13.2 Å². The topological polar surface area (TPSA) is 39.7 Å². The van der Waals surface area contributed by atoms with Crippen LogP contribution in [0.5, 0.6) is 5.75 Å². The molecule has 1 aliphatic rings. The van der Waals surface area contributed by atoms with Gasteiger partial charge in [-0.05, 0) is 31.2 Å². The minimum Gasteiger partial charge on any atom is -0.491 e. The molecule has 1 atom stereocenters. The van der Waals surface area contributed by atoms with Crippen LogP contribution in [-0.2, 0) is 16.0 Å². The molecule has 1 unspecified atom stereocenters. The Kier molecular flexibility index (Phi) is 5.45. The second-order valence-corrected chi connectivity index (χ2v) is 4.38. The van der Waals surface area contributed by atoms with Crippen molar-refractivity contribution in [1.82, 2.24) is 5.32 Å². The first-order valence-corrected chi connectivity index (χ1v) is 6.44. The summed E-state index contributed by atoms with van der Waals surface area (Å²) in [5.41, 5.74) is 1.22. The number of nitrogens with one attached hydrogen (secondary N) is 1. The molecule has 1 N–H and O–H groups in total. The quantitative estimate of drug-likeness (QED) is 0.747. The van der Waals surface area contributed by atoms with Gasteiger partial charge in [-0.2, -0.15) is 0 Å². The molecule has 4 nitrogen and oxygen atoms in total. The van der Waals surface area contributed by atoms with Gasteiger partial charge in [-0.15, -0.1) is 0 Å². The van der Waals surface area contributed by atoms with Crippen molar-refractivity contribution < 1.29 is 14.2 Å². The molecule has 0 radical (unpaired) electrons. The van der Waals surface area contributed by atoms with Gasteiger partial charge in [0.15, 0.2) is 0 Å². The molecule has 0 aromatic heterocycles. The lowest BCUT2D eigenvalue weighted by Gasteiger charge is -2.11. The average Bonchev–Trinajstić information content (AvgIpc) is 2.89. The highest BCUT2D eigenvalue weighted by Gasteiger charge is 2.15. The maximum Gasteiger partial charge on any atom is 0.119 e. The van der Waals surface area contributed by atoms with Crippen LogP contribution in [-0.4, -0.2) is 39.6 Å². The summed E-state index contributed by atoms with van der Waals surface area (Å²) in [7, 11) is 1.94. The van der Waals surface area contributed by atoms with E-state index in [1.807, 2.05) is 19.2 Å². The van der Waals surface area contributed by atoms with Crippen molar-refractivity contribution in [3.8, 4) is 5.75 Å². The molecule has 0 saturated carbocycles. The molecule has 1 aromatic carbocycles. The monoisotopic (exact) mass is 251 g/mol. The zero-order valence-electron chi connectivity index (χ0n) is 10.9. The molecule has 0 bridgehead atoms. The summed E-state index contributed by atoms with van der Waals surface area (Å²) in [6.07, 6.45) is 1.25. The van der Waals surface area contributed by atoms with Crippen LogP contribution < -0.4 is 10.1 Å². The summed E-state index contributed by atoms with van der Waals surface area (Å²) in [6.45, 7) is 3.59. The van der Waals surface area contributed by atoms with Gasteiger partial charge in [-0.3, -0.25) is 0 Å². The number of rotatable bonds is 7. The van der Waals surface area contributed by atoms with Crippen molar-refractivity contribution in [2.75, 3.05) is 33.5 Å². The Labute approximate surface area is 108 Å². The van der Waals surface area contributed by atoms with Crippen LogP contribution in [0.25, 0.3) is 0 Å². The van der Waals surface area contributed by atoms with E-state index in [1.165, 1.54) is 5.56 Å². The zero-order valence-corrected chi connectivity index (χ0v) is 10.9. The molecule has 1 aromatic rings. The van der Waals surface area contributed by atoms with Crippen LogP contribution in [0.15, 0.2) is 24.3 Å². The lowest BCUT2D eigenvalue weighted by atomic mass is 10.2. The van der Waals surface area contributed by atoms with Crippen molar-refractivity contribution in [1.29, 1.82) is 0 Å². The highest BCUT2D eigenvalue weighted by Crippen LogP contribution is 2.13. The lowest BCUT2D eigenvalue weighted by molar-refractivity contribution is 0.0265. The molecule has 0 amide bonds. The first-order valence-electron chi connectivity index (χ1n) is 6.44. The van der Waals surface area contributed by atoms with Gasteiger partial charge in [0.1, 0.15) is 12.4 Å². The zero-order chi connectivity index (χ0) is 12.6. The Hall–Kier alpha value is -1.10. The van der Waals surface area contributed by atoms with Crippen LogP contribution in [0.4, 0.5) is 0 Å². The highest BCUT2D eigenvalue weighted by atomic mass is 16.6. The van der Waals surface area contributed by atoms with Gasteiger partial charge in [-0.1, -0.05) is 12.1 Å². The maximum absolute atomic E-state index is 5.66. The number of benzene rings is 1. The van der Waals surface area contributed by atoms with E-state index in [2.05, 4.69) is 17.4 Å². The van der Waals surface area contributed by atoms with E-state index >= 15 is 0 Å². The molecule has 4 heteroatoms. The van der Waals surface area contributed by atoms with E-state index in [1.54, 1.807) is 0 Å². The van der Waals surface area contributed by atoms with Crippen molar-refractivity contribution >= 4 is 0 Å². The van der Waals surface area contributed by atoms with E-state index < -0.39 is 0 Å².